The number of anilines is 1. The molecule has 2 aromatic rings. The summed E-state index contributed by atoms with van der Waals surface area (Å²) in [6.45, 7) is 1.69. The summed E-state index contributed by atoms with van der Waals surface area (Å²) in [5, 5.41) is 3.12. The number of hydrogen-bond acceptors (Lipinski definition) is 6. The van der Waals surface area contributed by atoms with E-state index in [1.54, 1.807) is 37.4 Å². The molecule has 0 spiro atoms. The standard InChI is InChI=1S/C16H17NO5S/c1-10-8-13(16(19)21-3)15(23-10)17-14(18)9-22-12-6-4-11(20-2)5-7-12/h4-8H,9H2,1-3H3,(H,17,18). The third-order valence-electron chi connectivity index (χ3n) is 2.94. The topological polar surface area (TPSA) is 73.9 Å². The van der Waals surface area contributed by atoms with Crippen molar-refractivity contribution in [3.63, 3.8) is 0 Å². The smallest absolute Gasteiger partial charge is 0.340 e. The lowest BCUT2D eigenvalue weighted by Gasteiger charge is -2.08. The molecule has 0 unspecified atom stereocenters. The summed E-state index contributed by atoms with van der Waals surface area (Å²) >= 11 is 1.31. The van der Waals surface area contributed by atoms with Crippen molar-refractivity contribution in [1.29, 1.82) is 0 Å². The highest BCUT2D eigenvalue weighted by Gasteiger charge is 2.17. The van der Waals surface area contributed by atoms with Crippen molar-refractivity contribution in [2.75, 3.05) is 26.1 Å². The lowest BCUT2D eigenvalue weighted by atomic mass is 10.3. The van der Waals surface area contributed by atoms with Crippen molar-refractivity contribution in [2.45, 2.75) is 6.92 Å². The molecular weight excluding hydrogens is 318 g/mol. The zero-order valence-electron chi connectivity index (χ0n) is 13.0. The molecule has 0 aliphatic heterocycles. The van der Waals surface area contributed by atoms with Gasteiger partial charge < -0.3 is 19.5 Å². The number of thiophene rings is 1. The van der Waals surface area contributed by atoms with E-state index in [-0.39, 0.29) is 12.5 Å². The van der Waals surface area contributed by atoms with Crippen LogP contribution in [0.3, 0.4) is 0 Å². The quantitative estimate of drug-likeness (QED) is 0.822. The molecule has 0 bridgehead atoms. The Morgan fingerprint density at radius 3 is 2.39 bits per heavy atom. The summed E-state index contributed by atoms with van der Waals surface area (Å²) in [6, 6.07) is 8.58. The number of benzene rings is 1. The molecule has 122 valence electrons. The summed E-state index contributed by atoms with van der Waals surface area (Å²) < 4.78 is 15.1. The van der Waals surface area contributed by atoms with Crippen LogP contribution in [0.5, 0.6) is 11.5 Å². The Bertz CT molecular complexity index is 693. The summed E-state index contributed by atoms with van der Waals surface area (Å²) in [4.78, 5) is 24.5. The van der Waals surface area contributed by atoms with Crippen molar-refractivity contribution in [3.05, 3.63) is 40.8 Å². The number of hydrogen-bond donors (Lipinski definition) is 1. The minimum Gasteiger partial charge on any atom is -0.497 e. The molecule has 1 N–H and O–H groups in total. The molecule has 7 heteroatoms. The predicted molar refractivity (Wildman–Crippen MR) is 87.5 cm³/mol. The first kappa shape index (κ1) is 16.8. The molecule has 6 nitrogen and oxygen atoms in total. The molecule has 0 atom stereocenters. The number of carbonyl (C=O) groups excluding carboxylic acids is 2. The van der Waals surface area contributed by atoms with Crippen molar-refractivity contribution >= 4 is 28.2 Å². The summed E-state index contributed by atoms with van der Waals surface area (Å²) in [7, 11) is 2.87. The van der Waals surface area contributed by atoms with Crippen LogP contribution in [0.2, 0.25) is 0 Å². The molecule has 0 radical (unpaired) electrons. The third kappa shape index (κ3) is 4.46. The van der Waals surface area contributed by atoms with Gasteiger partial charge in [-0.3, -0.25) is 4.79 Å². The van der Waals surface area contributed by atoms with Crippen molar-refractivity contribution in [1.82, 2.24) is 0 Å². The molecule has 2 rings (SSSR count). The van der Waals surface area contributed by atoms with E-state index in [1.807, 2.05) is 6.92 Å². The fourth-order valence-corrected chi connectivity index (χ4v) is 2.77. The zero-order chi connectivity index (χ0) is 16.8. The lowest BCUT2D eigenvalue weighted by Crippen LogP contribution is -2.20. The number of carbonyl (C=O) groups is 2. The van der Waals surface area contributed by atoms with Crippen LogP contribution in [0.25, 0.3) is 0 Å². The van der Waals surface area contributed by atoms with Gasteiger partial charge in [0.05, 0.1) is 19.8 Å². The van der Waals surface area contributed by atoms with Crippen LogP contribution in [0.1, 0.15) is 15.2 Å². The lowest BCUT2D eigenvalue weighted by molar-refractivity contribution is -0.118. The maximum atomic E-state index is 12.0. The van der Waals surface area contributed by atoms with Crippen molar-refractivity contribution in [2.24, 2.45) is 0 Å². The number of nitrogens with one attached hydrogen (secondary N) is 1. The second-order valence-electron chi connectivity index (χ2n) is 4.60. The molecule has 0 saturated heterocycles. The average molecular weight is 335 g/mol. The van der Waals surface area contributed by atoms with E-state index in [0.717, 1.165) is 4.88 Å². The van der Waals surface area contributed by atoms with Crippen molar-refractivity contribution < 1.29 is 23.8 Å². The minimum absolute atomic E-state index is 0.163. The number of methoxy groups -OCH3 is 2. The fourth-order valence-electron chi connectivity index (χ4n) is 1.85. The Kier molecular flexibility index (Phi) is 5.59. The van der Waals surface area contributed by atoms with E-state index in [1.165, 1.54) is 18.4 Å². The molecule has 23 heavy (non-hydrogen) atoms. The minimum atomic E-state index is -0.485. The average Bonchev–Trinajstić information content (AvgIpc) is 2.93. The molecule has 1 amide bonds. The van der Waals surface area contributed by atoms with Crippen LogP contribution in [0.4, 0.5) is 5.00 Å². The van der Waals surface area contributed by atoms with Crippen LogP contribution >= 0.6 is 11.3 Å². The number of rotatable bonds is 6. The van der Waals surface area contributed by atoms with Gasteiger partial charge in [-0.1, -0.05) is 0 Å². The normalized spacial score (nSPS) is 10.0. The number of aryl methyl sites for hydroxylation is 1. The molecular formula is C16H17NO5S. The molecule has 1 aromatic carbocycles. The van der Waals surface area contributed by atoms with E-state index in [9.17, 15) is 9.59 Å². The molecule has 0 saturated carbocycles. The van der Waals surface area contributed by atoms with Gasteiger partial charge in [-0.25, -0.2) is 4.79 Å². The fraction of sp³-hybridized carbons (Fsp3) is 0.250. The predicted octanol–water partition coefficient (Wildman–Crippen LogP) is 2.87. The van der Waals surface area contributed by atoms with Crippen LogP contribution in [0.15, 0.2) is 30.3 Å². The molecule has 1 heterocycles. The van der Waals surface area contributed by atoms with E-state index < -0.39 is 5.97 Å². The maximum Gasteiger partial charge on any atom is 0.340 e. The van der Waals surface area contributed by atoms with E-state index in [2.05, 4.69) is 5.32 Å². The van der Waals surface area contributed by atoms with Gasteiger partial charge in [0, 0.05) is 4.88 Å². The Balaban J connectivity index is 1.95. The molecule has 1 aromatic heterocycles. The van der Waals surface area contributed by atoms with E-state index >= 15 is 0 Å². The largest absolute Gasteiger partial charge is 0.497 e. The van der Waals surface area contributed by atoms with Crippen LogP contribution < -0.4 is 14.8 Å². The molecule has 0 aliphatic carbocycles. The number of esters is 1. The molecule has 0 aliphatic rings. The van der Waals surface area contributed by atoms with E-state index in [4.69, 9.17) is 14.2 Å². The van der Waals surface area contributed by atoms with Gasteiger partial charge in [-0.2, -0.15) is 0 Å². The Morgan fingerprint density at radius 2 is 1.78 bits per heavy atom. The van der Waals surface area contributed by atoms with Crippen LogP contribution in [-0.2, 0) is 9.53 Å². The van der Waals surface area contributed by atoms with Gasteiger partial charge in [0.1, 0.15) is 16.5 Å². The second kappa shape index (κ2) is 7.64. The Labute approximate surface area is 138 Å². The van der Waals surface area contributed by atoms with E-state index in [0.29, 0.717) is 22.1 Å². The summed E-state index contributed by atoms with van der Waals surface area (Å²) in [6.07, 6.45) is 0. The maximum absolute atomic E-state index is 12.0. The van der Waals surface area contributed by atoms with Gasteiger partial charge in [0.15, 0.2) is 6.61 Å². The highest BCUT2D eigenvalue weighted by molar-refractivity contribution is 7.16. The second-order valence-corrected chi connectivity index (χ2v) is 5.86. The SMILES string of the molecule is COC(=O)c1cc(C)sc1NC(=O)COc1ccc(OC)cc1. The van der Waals surface area contributed by atoms with Gasteiger partial charge in [-0.15, -0.1) is 11.3 Å². The van der Waals surface area contributed by atoms with Crippen LogP contribution in [0, 0.1) is 6.92 Å². The number of ether oxygens (including phenoxy) is 3. The van der Waals surface area contributed by atoms with Crippen molar-refractivity contribution in [3.8, 4) is 11.5 Å². The Hall–Kier alpha value is -2.54. The van der Waals surface area contributed by atoms with Gasteiger partial charge in [-0.05, 0) is 37.3 Å². The molecule has 0 fully saturated rings. The van der Waals surface area contributed by atoms with Crippen LogP contribution in [-0.4, -0.2) is 32.7 Å². The first-order valence-electron chi connectivity index (χ1n) is 6.79. The monoisotopic (exact) mass is 335 g/mol. The first-order valence-corrected chi connectivity index (χ1v) is 7.60. The van der Waals surface area contributed by atoms with Gasteiger partial charge in [0.2, 0.25) is 0 Å². The number of amides is 1. The van der Waals surface area contributed by atoms with Gasteiger partial charge in [0.25, 0.3) is 5.91 Å². The summed E-state index contributed by atoms with van der Waals surface area (Å²) in [5.41, 5.74) is 0.341. The zero-order valence-corrected chi connectivity index (χ0v) is 13.9. The van der Waals surface area contributed by atoms with Gasteiger partial charge >= 0.3 is 5.97 Å². The highest BCUT2D eigenvalue weighted by atomic mass is 32.1. The summed E-state index contributed by atoms with van der Waals surface area (Å²) in [5.74, 6) is 0.420. The first-order chi connectivity index (χ1) is 11.0. The highest BCUT2D eigenvalue weighted by Crippen LogP contribution is 2.28. The third-order valence-corrected chi connectivity index (χ3v) is 3.91. The Morgan fingerprint density at radius 1 is 1.13 bits per heavy atom.